The lowest BCUT2D eigenvalue weighted by atomic mass is 10.1. The zero-order valence-corrected chi connectivity index (χ0v) is 7.49. The van der Waals surface area contributed by atoms with Gasteiger partial charge in [0.25, 0.3) is 0 Å². The number of thiocarbonyl (C=S) groups is 1. The number of hydrogen-bond donors (Lipinski definition) is 3. The zero-order valence-electron chi connectivity index (χ0n) is 6.67. The molecule has 1 aliphatic heterocycles. The van der Waals surface area contributed by atoms with Crippen LogP contribution >= 0.6 is 12.2 Å². The largest absolute Gasteiger partial charge is 0.465 e. The van der Waals surface area contributed by atoms with Gasteiger partial charge in [-0.25, -0.2) is 4.79 Å². The third-order valence-electron chi connectivity index (χ3n) is 1.83. The van der Waals surface area contributed by atoms with Crippen molar-refractivity contribution in [3.63, 3.8) is 0 Å². The van der Waals surface area contributed by atoms with Crippen molar-refractivity contribution in [1.82, 2.24) is 10.6 Å². The smallest absolute Gasteiger partial charge is 0.405 e. The summed E-state index contributed by atoms with van der Waals surface area (Å²) in [6, 6.07) is -0.194. The summed E-state index contributed by atoms with van der Waals surface area (Å²) in [5.41, 5.74) is 0. The highest BCUT2D eigenvalue weighted by Gasteiger charge is 2.18. The highest BCUT2D eigenvalue weighted by Crippen LogP contribution is 2.05. The molecule has 1 rings (SSSR count). The molecule has 0 aromatic rings. The molecular weight excluding hydrogens is 176 g/mol. The molecule has 1 atom stereocenters. The molecule has 0 unspecified atom stereocenters. The van der Waals surface area contributed by atoms with Gasteiger partial charge in [0, 0.05) is 6.54 Å². The second kappa shape index (κ2) is 4.25. The SMILES string of the molecule is O=C(O)N[C@@H]1CCCCNC1=S. The van der Waals surface area contributed by atoms with Gasteiger partial charge in [-0.05, 0) is 19.3 Å². The van der Waals surface area contributed by atoms with Gasteiger partial charge in [0.2, 0.25) is 0 Å². The summed E-state index contributed by atoms with van der Waals surface area (Å²) in [5, 5.41) is 13.9. The molecule has 68 valence electrons. The van der Waals surface area contributed by atoms with Crippen LogP contribution in [0.1, 0.15) is 19.3 Å². The third-order valence-corrected chi connectivity index (χ3v) is 2.26. The lowest BCUT2D eigenvalue weighted by Gasteiger charge is -2.14. The van der Waals surface area contributed by atoms with Crippen molar-refractivity contribution in [2.75, 3.05) is 6.54 Å². The predicted octanol–water partition coefficient (Wildman–Crippen LogP) is 0.723. The Labute approximate surface area is 76.3 Å². The normalized spacial score (nSPS) is 24.0. The molecule has 4 nitrogen and oxygen atoms in total. The Balaban J connectivity index is 2.47. The lowest BCUT2D eigenvalue weighted by molar-refractivity contribution is 0.192. The van der Waals surface area contributed by atoms with Gasteiger partial charge in [0.15, 0.2) is 0 Å². The number of rotatable bonds is 1. The van der Waals surface area contributed by atoms with Crippen molar-refractivity contribution in [1.29, 1.82) is 0 Å². The van der Waals surface area contributed by atoms with Crippen LogP contribution in [-0.2, 0) is 0 Å². The minimum absolute atomic E-state index is 0.194. The molecule has 0 spiro atoms. The number of carboxylic acid groups (broad SMARTS) is 1. The molecule has 0 aromatic heterocycles. The number of carbonyl (C=O) groups is 1. The molecule has 1 saturated heterocycles. The van der Waals surface area contributed by atoms with E-state index in [0.29, 0.717) is 4.99 Å². The van der Waals surface area contributed by atoms with E-state index in [4.69, 9.17) is 17.3 Å². The summed E-state index contributed by atoms with van der Waals surface area (Å²) in [6.07, 6.45) is 1.86. The topological polar surface area (TPSA) is 61.4 Å². The minimum atomic E-state index is -1.01. The number of hydrogen-bond acceptors (Lipinski definition) is 2. The lowest BCUT2D eigenvalue weighted by Crippen LogP contribution is -2.43. The van der Waals surface area contributed by atoms with Crippen LogP contribution in [0.3, 0.4) is 0 Å². The van der Waals surface area contributed by atoms with E-state index < -0.39 is 6.09 Å². The van der Waals surface area contributed by atoms with Crippen LogP contribution < -0.4 is 10.6 Å². The second-order valence-electron chi connectivity index (χ2n) is 2.79. The number of nitrogens with one attached hydrogen (secondary N) is 2. The molecule has 0 radical (unpaired) electrons. The van der Waals surface area contributed by atoms with Crippen molar-refractivity contribution in [2.24, 2.45) is 0 Å². The van der Waals surface area contributed by atoms with Crippen LogP contribution in [-0.4, -0.2) is 28.8 Å². The molecule has 12 heavy (non-hydrogen) atoms. The summed E-state index contributed by atoms with van der Waals surface area (Å²) in [4.78, 5) is 10.9. The van der Waals surface area contributed by atoms with E-state index in [1.807, 2.05) is 0 Å². The van der Waals surface area contributed by atoms with Crippen LogP contribution in [0.4, 0.5) is 4.79 Å². The van der Waals surface area contributed by atoms with Crippen molar-refractivity contribution in [3.05, 3.63) is 0 Å². The quantitative estimate of drug-likeness (QED) is 0.531. The molecule has 0 aliphatic carbocycles. The molecule has 3 N–H and O–H groups in total. The molecule has 0 saturated carbocycles. The average Bonchev–Trinajstić information content (AvgIpc) is 2.16. The van der Waals surface area contributed by atoms with Gasteiger partial charge < -0.3 is 15.7 Å². The van der Waals surface area contributed by atoms with Gasteiger partial charge >= 0.3 is 6.09 Å². The van der Waals surface area contributed by atoms with Crippen molar-refractivity contribution < 1.29 is 9.90 Å². The molecule has 0 aromatic carbocycles. The Kier molecular flexibility index (Phi) is 3.28. The van der Waals surface area contributed by atoms with Gasteiger partial charge in [-0.3, -0.25) is 0 Å². The molecule has 5 heteroatoms. The second-order valence-corrected chi connectivity index (χ2v) is 3.23. The molecule has 1 fully saturated rings. The Bertz CT molecular complexity index is 196. The fourth-order valence-electron chi connectivity index (χ4n) is 1.23. The van der Waals surface area contributed by atoms with Crippen LogP contribution in [0, 0.1) is 0 Å². The summed E-state index contributed by atoms with van der Waals surface area (Å²) >= 11 is 5.00. The van der Waals surface area contributed by atoms with E-state index in [1.165, 1.54) is 0 Å². The van der Waals surface area contributed by atoms with Gasteiger partial charge in [-0.2, -0.15) is 0 Å². The summed E-state index contributed by atoms with van der Waals surface area (Å²) < 4.78 is 0. The van der Waals surface area contributed by atoms with E-state index in [2.05, 4.69) is 10.6 Å². The van der Waals surface area contributed by atoms with E-state index >= 15 is 0 Å². The molecule has 1 heterocycles. The predicted molar refractivity (Wildman–Crippen MR) is 49.4 cm³/mol. The Morgan fingerprint density at radius 1 is 1.67 bits per heavy atom. The van der Waals surface area contributed by atoms with Crippen LogP contribution in [0.25, 0.3) is 0 Å². The Morgan fingerprint density at radius 2 is 2.42 bits per heavy atom. The first-order valence-corrected chi connectivity index (χ1v) is 4.38. The average molecular weight is 188 g/mol. The van der Waals surface area contributed by atoms with E-state index in [0.717, 1.165) is 25.8 Å². The standard InChI is InChI=1S/C7H12N2O2S/c10-7(11)9-5-3-1-2-4-8-6(5)12/h5,9H,1-4H2,(H,8,12)(H,10,11)/t5-/m1/s1. The maximum atomic E-state index is 10.3. The van der Waals surface area contributed by atoms with E-state index in [-0.39, 0.29) is 6.04 Å². The maximum absolute atomic E-state index is 10.3. The van der Waals surface area contributed by atoms with Gasteiger partial charge in [0.1, 0.15) is 0 Å². The van der Waals surface area contributed by atoms with E-state index in [9.17, 15) is 4.79 Å². The Hall–Kier alpha value is -0.840. The molecule has 1 amide bonds. The fourth-order valence-corrected chi connectivity index (χ4v) is 1.50. The highest BCUT2D eigenvalue weighted by atomic mass is 32.1. The minimum Gasteiger partial charge on any atom is -0.465 e. The van der Waals surface area contributed by atoms with Crippen molar-refractivity contribution >= 4 is 23.3 Å². The van der Waals surface area contributed by atoms with Crippen LogP contribution in [0.15, 0.2) is 0 Å². The van der Waals surface area contributed by atoms with Crippen molar-refractivity contribution in [3.8, 4) is 0 Å². The fraction of sp³-hybridized carbons (Fsp3) is 0.714. The summed E-state index contributed by atoms with van der Waals surface area (Å²) in [5.74, 6) is 0. The summed E-state index contributed by atoms with van der Waals surface area (Å²) in [7, 11) is 0. The Morgan fingerprint density at radius 3 is 3.08 bits per heavy atom. The van der Waals surface area contributed by atoms with Crippen molar-refractivity contribution in [2.45, 2.75) is 25.3 Å². The van der Waals surface area contributed by atoms with Crippen LogP contribution in [0.2, 0.25) is 0 Å². The van der Waals surface area contributed by atoms with Gasteiger partial charge in [0.05, 0.1) is 11.0 Å². The molecular formula is C7H12N2O2S. The van der Waals surface area contributed by atoms with Crippen LogP contribution in [0.5, 0.6) is 0 Å². The van der Waals surface area contributed by atoms with Gasteiger partial charge in [-0.15, -0.1) is 0 Å². The first-order valence-electron chi connectivity index (χ1n) is 3.97. The first kappa shape index (κ1) is 9.25. The van der Waals surface area contributed by atoms with E-state index in [1.54, 1.807) is 0 Å². The van der Waals surface area contributed by atoms with Gasteiger partial charge in [-0.1, -0.05) is 12.2 Å². The monoisotopic (exact) mass is 188 g/mol. The third kappa shape index (κ3) is 2.65. The summed E-state index contributed by atoms with van der Waals surface area (Å²) in [6.45, 7) is 0.858. The number of amides is 1. The zero-order chi connectivity index (χ0) is 8.97. The first-order chi connectivity index (χ1) is 5.70. The molecule has 0 bridgehead atoms. The highest BCUT2D eigenvalue weighted by molar-refractivity contribution is 7.80. The maximum Gasteiger partial charge on any atom is 0.405 e. The molecule has 1 aliphatic rings.